The Labute approximate surface area is 142 Å². The quantitative estimate of drug-likeness (QED) is 0.914. The highest BCUT2D eigenvalue weighted by Crippen LogP contribution is 2.15. The van der Waals surface area contributed by atoms with Gasteiger partial charge in [0.2, 0.25) is 10.0 Å². The van der Waals surface area contributed by atoms with Crippen LogP contribution in [0.4, 0.5) is 0 Å². The number of benzene rings is 1. The van der Waals surface area contributed by atoms with Gasteiger partial charge in [-0.2, -0.15) is 0 Å². The summed E-state index contributed by atoms with van der Waals surface area (Å²) in [4.78, 5) is 12.4. The lowest BCUT2D eigenvalue weighted by Gasteiger charge is -2.31. The highest BCUT2D eigenvalue weighted by atomic mass is 32.2. The fourth-order valence-corrected chi connectivity index (χ4v) is 3.83. The number of amides is 1. The van der Waals surface area contributed by atoms with Gasteiger partial charge in [-0.25, -0.2) is 12.7 Å². The third-order valence-electron chi connectivity index (χ3n) is 4.22. The first-order valence-electron chi connectivity index (χ1n) is 7.93. The van der Waals surface area contributed by atoms with Crippen molar-refractivity contribution in [3.05, 3.63) is 54.4 Å². The van der Waals surface area contributed by atoms with Gasteiger partial charge in [-0.05, 0) is 49.2 Å². The minimum Gasteiger partial charge on any atom is -0.348 e. The Morgan fingerprint density at radius 2 is 1.83 bits per heavy atom. The van der Waals surface area contributed by atoms with Crippen molar-refractivity contribution in [3.8, 4) is 5.69 Å². The number of nitrogens with zero attached hydrogens (tertiary/aromatic N) is 2. The van der Waals surface area contributed by atoms with Crippen molar-refractivity contribution in [2.75, 3.05) is 19.3 Å². The minimum absolute atomic E-state index is 0.148. The Bertz CT molecular complexity index is 798. The largest absolute Gasteiger partial charge is 0.348 e. The molecule has 128 valence electrons. The average Bonchev–Trinajstić information content (AvgIpc) is 3.09. The molecule has 1 aromatic heterocycles. The van der Waals surface area contributed by atoms with Gasteiger partial charge in [0.05, 0.1) is 6.26 Å². The number of carbonyl (C=O) groups is 1. The van der Waals surface area contributed by atoms with Gasteiger partial charge in [0, 0.05) is 42.8 Å². The van der Waals surface area contributed by atoms with Crippen LogP contribution in [0.3, 0.4) is 0 Å². The zero-order valence-electron chi connectivity index (χ0n) is 13.6. The molecule has 2 heterocycles. The highest BCUT2D eigenvalue weighted by Gasteiger charge is 2.26. The third kappa shape index (κ3) is 3.85. The molecule has 1 amide bonds. The number of sulfonamides is 1. The molecule has 0 saturated carbocycles. The van der Waals surface area contributed by atoms with Crippen molar-refractivity contribution >= 4 is 15.9 Å². The maximum absolute atomic E-state index is 12.4. The molecule has 1 unspecified atom stereocenters. The van der Waals surface area contributed by atoms with Crippen molar-refractivity contribution in [1.82, 2.24) is 14.2 Å². The summed E-state index contributed by atoms with van der Waals surface area (Å²) in [5.41, 5.74) is 1.56. The lowest BCUT2D eigenvalue weighted by molar-refractivity contribution is 0.0921. The van der Waals surface area contributed by atoms with Crippen LogP contribution in [0.2, 0.25) is 0 Å². The first kappa shape index (κ1) is 16.7. The summed E-state index contributed by atoms with van der Waals surface area (Å²) >= 11 is 0. The van der Waals surface area contributed by atoms with E-state index in [4.69, 9.17) is 0 Å². The summed E-state index contributed by atoms with van der Waals surface area (Å²) in [5, 5.41) is 2.94. The number of aromatic nitrogens is 1. The van der Waals surface area contributed by atoms with Gasteiger partial charge in [-0.15, -0.1) is 0 Å². The third-order valence-corrected chi connectivity index (χ3v) is 5.49. The Morgan fingerprint density at radius 3 is 2.46 bits per heavy atom. The molecule has 24 heavy (non-hydrogen) atoms. The van der Waals surface area contributed by atoms with Crippen molar-refractivity contribution < 1.29 is 13.2 Å². The SMILES string of the molecule is CS(=O)(=O)N1CCCC(NC(=O)c2ccc(-n3cccc3)cc2)C1. The zero-order valence-corrected chi connectivity index (χ0v) is 14.4. The van der Waals surface area contributed by atoms with Crippen LogP contribution in [0.25, 0.3) is 5.69 Å². The van der Waals surface area contributed by atoms with Crippen LogP contribution in [0.15, 0.2) is 48.8 Å². The van der Waals surface area contributed by atoms with E-state index >= 15 is 0 Å². The second-order valence-corrected chi connectivity index (χ2v) is 8.05. The van der Waals surface area contributed by atoms with Crippen LogP contribution in [0.1, 0.15) is 23.2 Å². The van der Waals surface area contributed by atoms with Gasteiger partial charge in [-0.1, -0.05) is 0 Å². The van der Waals surface area contributed by atoms with E-state index in [0.29, 0.717) is 18.7 Å². The van der Waals surface area contributed by atoms with Crippen LogP contribution in [0.5, 0.6) is 0 Å². The molecule has 7 heteroatoms. The van der Waals surface area contributed by atoms with E-state index in [2.05, 4.69) is 5.32 Å². The second-order valence-electron chi connectivity index (χ2n) is 6.07. The molecule has 0 radical (unpaired) electrons. The van der Waals surface area contributed by atoms with Gasteiger partial charge in [-0.3, -0.25) is 4.79 Å². The molecule has 1 aromatic carbocycles. The number of hydrogen-bond acceptors (Lipinski definition) is 3. The monoisotopic (exact) mass is 347 g/mol. The summed E-state index contributed by atoms with van der Waals surface area (Å²) < 4.78 is 26.7. The van der Waals surface area contributed by atoms with E-state index in [1.165, 1.54) is 10.6 Å². The van der Waals surface area contributed by atoms with Gasteiger partial charge in [0.15, 0.2) is 0 Å². The van der Waals surface area contributed by atoms with Crippen LogP contribution < -0.4 is 5.32 Å². The van der Waals surface area contributed by atoms with E-state index in [9.17, 15) is 13.2 Å². The fraction of sp³-hybridized carbons (Fsp3) is 0.353. The number of piperidine rings is 1. The van der Waals surface area contributed by atoms with E-state index in [1.807, 2.05) is 41.2 Å². The average molecular weight is 347 g/mol. The number of rotatable bonds is 4. The number of hydrogen-bond donors (Lipinski definition) is 1. The number of carbonyl (C=O) groups excluding carboxylic acids is 1. The molecule has 3 rings (SSSR count). The summed E-state index contributed by atoms with van der Waals surface area (Å²) in [6.07, 6.45) is 6.63. The standard InChI is InChI=1S/C17H21N3O3S/c1-24(22,23)20-12-4-5-15(13-20)18-17(21)14-6-8-16(9-7-14)19-10-2-3-11-19/h2-3,6-11,15H,4-5,12-13H2,1H3,(H,18,21). The van der Waals surface area contributed by atoms with Crippen molar-refractivity contribution in [1.29, 1.82) is 0 Å². The van der Waals surface area contributed by atoms with E-state index < -0.39 is 10.0 Å². The van der Waals surface area contributed by atoms with Crippen LogP contribution >= 0.6 is 0 Å². The minimum atomic E-state index is -3.21. The highest BCUT2D eigenvalue weighted by molar-refractivity contribution is 7.88. The molecule has 2 aromatic rings. The van der Waals surface area contributed by atoms with Gasteiger partial charge >= 0.3 is 0 Å². The molecule has 0 bridgehead atoms. The van der Waals surface area contributed by atoms with Gasteiger partial charge in [0.1, 0.15) is 0 Å². The fourth-order valence-electron chi connectivity index (χ4n) is 2.92. The lowest BCUT2D eigenvalue weighted by atomic mass is 10.1. The zero-order chi connectivity index (χ0) is 17.2. The molecule has 0 aliphatic carbocycles. The first-order valence-corrected chi connectivity index (χ1v) is 9.78. The van der Waals surface area contributed by atoms with Crippen LogP contribution in [0, 0.1) is 0 Å². The molecule has 1 aliphatic heterocycles. The second kappa shape index (κ2) is 6.78. The predicted molar refractivity (Wildman–Crippen MR) is 92.7 cm³/mol. The van der Waals surface area contributed by atoms with E-state index in [0.717, 1.165) is 18.5 Å². The van der Waals surface area contributed by atoms with Gasteiger partial charge in [0.25, 0.3) is 5.91 Å². The molecular formula is C17H21N3O3S. The Morgan fingerprint density at radius 1 is 1.17 bits per heavy atom. The van der Waals surface area contributed by atoms with Crippen LogP contribution in [-0.2, 0) is 10.0 Å². The van der Waals surface area contributed by atoms with Crippen molar-refractivity contribution in [2.45, 2.75) is 18.9 Å². The Hall–Kier alpha value is -2.12. The molecule has 1 fully saturated rings. The summed E-state index contributed by atoms with van der Waals surface area (Å²) in [5.74, 6) is -0.172. The maximum atomic E-state index is 12.4. The molecule has 1 aliphatic rings. The predicted octanol–water partition coefficient (Wildman–Crippen LogP) is 1.63. The van der Waals surface area contributed by atoms with E-state index in [-0.39, 0.29) is 11.9 Å². The molecular weight excluding hydrogens is 326 g/mol. The summed E-state index contributed by atoms with van der Waals surface area (Å²) in [7, 11) is -3.21. The number of nitrogens with one attached hydrogen (secondary N) is 1. The molecule has 1 saturated heterocycles. The van der Waals surface area contributed by atoms with E-state index in [1.54, 1.807) is 12.1 Å². The normalized spacial score (nSPS) is 19.1. The molecule has 1 N–H and O–H groups in total. The van der Waals surface area contributed by atoms with Crippen LogP contribution in [-0.4, -0.2) is 48.6 Å². The molecule has 6 nitrogen and oxygen atoms in total. The molecule has 0 spiro atoms. The Kier molecular flexibility index (Phi) is 4.73. The molecule has 1 atom stereocenters. The first-order chi connectivity index (χ1) is 11.4. The Balaban J connectivity index is 1.64. The summed E-state index contributed by atoms with van der Waals surface area (Å²) in [6, 6.07) is 11.1. The van der Waals surface area contributed by atoms with Crippen molar-refractivity contribution in [2.24, 2.45) is 0 Å². The maximum Gasteiger partial charge on any atom is 0.251 e. The van der Waals surface area contributed by atoms with Gasteiger partial charge < -0.3 is 9.88 Å². The topological polar surface area (TPSA) is 71.4 Å². The summed E-state index contributed by atoms with van der Waals surface area (Å²) in [6.45, 7) is 0.864. The smallest absolute Gasteiger partial charge is 0.251 e. The lowest BCUT2D eigenvalue weighted by Crippen LogP contribution is -2.49. The van der Waals surface area contributed by atoms with Crippen molar-refractivity contribution in [3.63, 3.8) is 0 Å².